The highest BCUT2D eigenvalue weighted by Crippen LogP contribution is 2.15. The van der Waals surface area contributed by atoms with Crippen LogP contribution in [0.5, 0.6) is 0 Å². The van der Waals surface area contributed by atoms with Crippen molar-refractivity contribution in [3.63, 3.8) is 0 Å². The van der Waals surface area contributed by atoms with E-state index in [1.807, 2.05) is 6.07 Å². The fourth-order valence-corrected chi connectivity index (χ4v) is 2.59. The van der Waals surface area contributed by atoms with E-state index in [-0.39, 0.29) is 5.92 Å². The maximum Gasteiger partial charge on any atom is 0.257 e. The van der Waals surface area contributed by atoms with Crippen LogP contribution in [0.2, 0.25) is 0 Å². The maximum atomic E-state index is 13.8. The standard InChI is InChI=1S/C20H22F2N2O3/c1-12(2)18(24-19(25)17-15(21)8-5-9-16(17)22)20(26)23-14-7-4-6-13(10-14)11-27-3/h4-10,12,18H,11H2,1-3H3,(H,23,26)(H,24,25). The SMILES string of the molecule is COCc1cccc(NC(=O)C(NC(=O)c2c(F)cccc2F)C(C)C)c1. The van der Waals surface area contributed by atoms with Crippen molar-refractivity contribution in [1.29, 1.82) is 0 Å². The molecule has 0 aliphatic rings. The van der Waals surface area contributed by atoms with Gasteiger partial charge in [0.15, 0.2) is 0 Å². The summed E-state index contributed by atoms with van der Waals surface area (Å²) in [6, 6.07) is 9.24. The number of nitrogens with one attached hydrogen (secondary N) is 2. The number of anilines is 1. The van der Waals surface area contributed by atoms with Gasteiger partial charge >= 0.3 is 0 Å². The van der Waals surface area contributed by atoms with Crippen molar-refractivity contribution in [3.05, 3.63) is 65.2 Å². The number of carbonyl (C=O) groups is 2. The first-order chi connectivity index (χ1) is 12.8. The molecular weight excluding hydrogens is 354 g/mol. The molecule has 2 amide bonds. The van der Waals surface area contributed by atoms with Crippen molar-refractivity contribution < 1.29 is 23.1 Å². The van der Waals surface area contributed by atoms with Crippen LogP contribution in [0.15, 0.2) is 42.5 Å². The number of amides is 2. The minimum Gasteiger partial charge on any atom is -0.380 e. The van der Waals surface area contributed by atoms with Gasteiger partial charge in [0.25, 0.3) is 5.91 Å². The fourth-order valence-electron chi connectivity index (χ4n) is 2.59. The smallest absolute Gasteiger partial charge is 0.257 e. The van der Waals surface area contributed by atoms with Gasteiger partial charge in [-0.15, -0.1) is 0 Å². The van der Waals surface area contributed by atoms with Gasteiger partial charge in [0.2, 0.25) is 5.91 Å². The van der Waals surface area contributed by atoms with Crippen LogP contribution in [-0.4, -0.2) is 25.0 Å². The molecule has 0 aliphatic carbocycles. The highest BCUT2D eigenvalue weighted by Gasteiger charge is 2.27. The number of halogens is 2. The number of benzene rings is 2. The van der Waals surface area contributed by atoms with Crippen LogP contribution in [-0.2, 0) is 16.1 Å². The van der Waals surface area contributed by atoms with Crippen molar-refractivity contribution in [2.75, 3.05) is 12.4 Å². The van der Waals surface area contributed by atoms with Crippen LogP contribution in [0.4, 0.5) is 14.5 Å². The third-order valence-electron chi connectivity index (χ3n) is 3.93. The van der Waals surface area contributed by atoms with E-state index in [2.05, 4.69) is 10.6 Å². The lowest BCUT2D eigenvalue weighted by atomic mass is 10.0. The summed E-state index contributed by atoms with van der Waals surface area (Å²) in [7, 11) is 1.57. The van der Waals surface area contributed by atoms with Gasteiger partial charge in [-0.1, -0.05) is 32.0 Å². The molecule has 2 N–H and O–H groups in total. The summed E-state index contributed by atoms with van der Waals surface area (Å²) in [6.07, 6.45) is 0. The summed E-state index contributed by atoms with van der Waals surface area (Å²) in [5.41, 5.74) is 0.693. The first-order valence-electron chi connectivity index (χ1n) is 8.47. The fraction of sp³-hybridized carbons (Fsp3) is 0.300. The van der Waals surface area contributed by atoms with Crippen molar-refractivity contribution in [3.8, 4) is 0 Å². The Kier molecular flexibility index (Phi) is 7.01. The molecule has 144 valence electrons. The molecule has 0 aromatic heterocycles. The Hall–Kier alpha value is -2.80. The molecule has 5 nitrogen and oxygen atoms in total. The van der Waals surface area contributed by atoms with Gasteiger partial charge in [-0.05, 0) is 35.7 Å². The molecule has 2 aromatic rings. The molecule has 0 aliphatic heterocycles. The van der Waals surface area contributed by atoms with E-state index in [9.17, 15) is 18.4 Å². The van der Waals surface area contributed by atoms with Gasteiger partial charge in [-0.25, -0.2) is 8.78 Å². The second-order valence-electron chi connectivity index (χ2n) is 6.41. The van der Waals surface area contributed by atoms with Crippen LogP contribution in [0.25, 0.3) is 0 Å². The molecule has 7 heteroatoms. The van der Waals surface area contributed by atoms with Gasteiger partial charge in [0, 0.05) is 12.8 Å². The lowest BCUT2D eigenvalue weighted by Crippen LogP contribution is -2.47. The topological polar surface area (TPSA) is 67.4 Å². The molecule has 2 aromatic carbocycles. The highest BCUT2D eigenvalue weighted by atomic mass is 19.1. The zero-order chi connectivity index (χ0) is 20.0. The monoisotopic (exact) mass is 376 g/mol. The van der Waals surface area contributed by atoms with Crippen LogP contribution in [0, 0.1) is 17.6 Å². The molecule has 0 saturated heterocycles. The number of carbonyl (C=O) groups excluding carboxylic acids is 2. The Morgan fingerprint density at radius 1 is 1.07 bits per heavy atom. The molecule has 27 heavy (non-hydrogen) atoms. The molecule has 0 fully saturated rings. The second-order valence-corrected chi connectivity index (χ2v) is 6.41. The Balaban J connectivity index is 2.16. The number of rotatable bonds is 7. The predicted octanol–water partition coefficient (Wildman–Crippen LogP) is 3.50. The van der Waals surface area contributed by atoms with Gasteiger partial charge in [-0.3, -0.25) is 9.59 Å². The Morgan fingerprint density at radius 2 is 1.70 bits per heavy atom. The molecule has 0 heterocycles. The highest BCUT2D eigenvalue weighted by molar-refractivity contribution is 6.01. The molecule has 0 radical (unpaired) electrons. The lowest BCUT2D eigenvalue weighted by molar-refractivity contribution is -0.118. The largest absolute Gasteiger partial charge is 0.380 e. The van der Waals surface area contributed by atoms with E-state index in [1.165, 1.54) is 6.07 Å². The zero-order valence-corrected chi connectivity index (χ0v) is 15.4. The first-order valence-corrected chi connectivity index (χ1v) is 8.47. The Morgan fingerprint density at radius 3 is 2.30 bits per heavy atom. The van der Waals surface area contributed by atoms with E-state index in [0.29, 0.717) is 12.3 Å². The lowest BCUT2D eigenvalue weighted by Gasteiger charge is -2.22. The second kappa shape index (κ2) is 9.23. The van der Waals surface area contributed by atoms with Crippen molar-refractivity contribution in [1.82, 2.24) is 5.32 Å². The average Bonchev–Trinajstić information content (AvgIpc) is 2.59. The van der Waals surface area contributed by atoms with Gasteiger partial charge in [0.1, 0.15) is 23.2 Å². The van der Waals surface area contributed by atoms with E-state index in [4.69, 9.17) is 4.74 Å². The predicted molar refractivity (Wildman–Crippen MR) is 98.2 cm³/mol. The summed E-state index contributed by atoms with van der Waals surface area (Å²) in [6.45, 7) is 3.84. The molecule has 0 spiro atoms. The number of methoxy groups -OCH3 is 1. The molecule has 2 rings (SSSR count). The summed E-state index contributed by atoms with van der Waals surface area (Å²) in [5.74, 6) is -3.73. The third-order valence-corrected chi connectivity index (χ3v) is 3.93. The number of hydrogen-bond donors (Lipinski definition) is 2. The summed E-state index contributed by atoms with van der Waals surface area (Å²) < 4.78 is 32.7. The summed E-state index contributed by atoms with van der Waals surface area (Å²) >= 11 is 0. The Bertz CT molecular complexity index is 804. The average molecular weight is 376 g/mol. The summed E-state index contributed by atoms with van der Waals surface area (Å²) in [5, 5.41) is 5.13. The molecule has 0 bridgehead atoms. The maximum absolute atomic E-state index is 13.8. The van der Waals surface area contributed by atoms with Gasteiger partial charge in [-0.2, -0.15) is 0 Å². The van der Waals surface area contributed by atoms with Gasteiger partial charge in [0.05, 0.1) is 6.61 Å². The van der Waals surface area contributed by atoms with E-state index >= 15 is 0 Å². The van der Waals surface area contributed by atoms with Crippen LogP contribution in [0.1, 0.15) is 29.8 Å². The van der Waals surface area contributed by atoms with Crippen molar-refractivity contribution >= 4 is 17.5 Å². The normalized spacial score (nSPS) is 11.9. The van der Waals surface area contributed by atoms with Crippen molar-refractivity contribution in [2.45, 2.75) is 26.5 Å². The minimum absolute atomic E-state index is 0.300. The van der Waals surface area contributed by atoms with Crippen LogP contribution >= 0.6 is 0 Å². The summed E-state index contributed by atoms with van der Waals surface area (Å²) in [4.78, 5) is 24.9. The number of ether oxygens (including phenoxy) is 1. The molecule has 1 unspecified atom stereocenters. The van der Waals surface area contributed by atoms with Crippen LogP contribution in [0.3, 0.4) is 0 Å². The third kappa shape index (κ3) is 5.34. The quantitative estimate of drug-likeness (QED) is 0.777. The molecular formula is C20H22F2N2O3. The first kappa shape index (κ1) is 20.5. The van der Waals surface area contributed by atoms with Crippen LogP contribution < -0.4 is 10.6 Å². The van der Waals surface area contributed by atoms with E-state index in [1.54, 1.807) is 39.2 Å². The minimum atomic E-state index is -0.984. The molecule has 0 saturated carbocycles. The number of hydrogen-bond acceptors (Lipinski definition) is 3. The molecule has 1 atom stereocenters. The Labute approximate surface area is 156 Å². The van der Waals surface area contributed by atoms with E-state index in [0.717, 1.165) is 17.7 Å². The van der Waals surface area contributed by atoms with Gasteiger partial charge < -0.3 is 15.4 Å². The van der Waals surface area contributed by atoms with E-state index < -0.39 is 35.1 Å². The van der Waals surface area contributed by atoms with Crippen molar-refractivity contribution in [2.24, 2.45) is 5.92 Å². The zero-order valence-electron chi connectivity index (χ0n) is 15.4.